The predicted octanol–water partition coefficient (Wildman–Crippen LogP) is 5.68. The normalized spacial score (nSPS) is 24.2. The summed E-state index contributed by atoms with van der Waals surface area (Å²) in [6.45, 7) is 1.66. The average Bonchev–Trinajstić information content (AvgIpc) is 3.03. The Morgan fingerprint density at radius 3 is 2.53 bits per heavy atom. The van der Waals surface area contributed by atoms with Gasteiger partial charge in [0, 0.05) is 28.1 Å². The van der Waals surface area contributed by atoms with Gasteiger partial charge in [-0.05, 0) is 59.5 Å². The number of hydrogen-bond acceptors (Lipinski definition) is 2. The number of benzene rings is 3. The van der Waals surface area contributed by atoms with E-state index in [-0.39, 0.29) is 18.2 Å². The molecule has 0 unspecified atom stereocenters. The second-order valence-corrected chi connectivity index (χ2v) is 9.15. The first-order valence-corrected chi connectivity index (χ1v) is 11.0. The fourth-order valence-electron chi connectivity index (χ4n) is 5.21. The lowest BCUT2D eigenvalue weighted by atomic mass is 9.59. The first-order chi connectivity index (χ1) is 15.3. The average molecular weight is 469 g/mol. The van der Waals surface area contributed by atoms with Crippen LogP contribution in [-0.2, 0) is 15.0 Å². The van der Waals surface area contributed by atoms with E-state index in [0.29, 0.717) is 32.4 Å². The molecule has 162 valence electrons. The van der Waals surface area contributed by atoms with Gasteiger partial charge in [0.1, 0.15) is 11.2 Å². The summed E-state index contributed by atoms with van der Waals surface area (Å²) in [7, 11) is 0. The largest absolute Gasteiger partial charge is 0.348 e. The highest BCUT2D eigenvalue weighted by Crippen LogP contribution is 2.57. The van der Waals surface area contributed by atoms with Crippen LogP contribution in [0.2, 0.25) is 10.0 Å². The molecule has 7 heteroatoms. The number of anilines is 1. The Labute approximate surface area is 194 Å². The smallest absolute Gasteiger partial charge is 0.238 e. The van der Waals surface area contributed by atoms with Crippen molar-refractivity contribution in [3.8, 4) is 0 Å². The second-order valence-electron chi connectivity index (χ2n) is 8.28. The molecule has 0 aromatic heterocycles. The van der Waals surface area contributed by atoms with E-state index in [9.17, 15) is 14.0 Å². The van der Waals surface area contributed by atoms with Crippen molar-refractivity contribution in [3.63, 3.8) is 0 Å². The van der Waals surface area contributed by atoms with Crippen LogP contribution >= 0.6 is 23.2 Å². The van der Waals surface area contributed by atoms with E-state index in [1.54, 1.807) is 49.4 Å². The number of amides is 2. The predicted molar refractivity (Wildman–Crippen MR) is 123 cm³/mol. The van der Waals surface area contributed by atoms with Crippen LogP contribution in [0.4, 0.5) is 10.1 Å². The van der Waals surface area contributed by atoms with Crippen LogP contribution in [0.3, 0.4) is 0 Å². The minimum atomic E-state index is -1.21. The molecule has 1 saturated heterocycles. The molecule has 2 N–H and O–H groups in total. The minimum Gasteiger partial charge on any atom is -0.348 e. The van der Waals surface area contributed by atoms with Gasteiger partial charge in [-0.3, -0.25) is 9.59 Å². The molecule has 1 fully saturated rings. The number of piperidine rings is 1. The summed E-state index contributed by atoms with van der Waals surface area (Å²) in [4.78, 5) is 26.8. The monoisotopic (exact) mass is 468 g/mol. The summed E-state index contributed by atoms with van der Waals surface area (Å²) < 4.78 is 14.6. The van der Waals surface area contributed by atoms with Gasteiger partial charge in [-0.1, -0.05) is 53.5 Å². The molecule has 5 rings (SSSR count). The summed E-state index contributed by atoms with van der Waals surface area (Å²) in [5.74, 6) is -1.41. The highest BCUT2D eigenvalue weighted by molar-refractivity contribution is 6.31. The van der Waals surface area contributed by atoms with Crippen LogP contribution in [0.1, 0.15) is 40.6 Å². The molecule has 0 radical (unpaired) electrons. The van der Waals surface area contributed by atoms with Crippen molar-refractivity contribution in [1.82, 2.24) is 5.32 Å². The fourth-order valence-corrected chi connectivity index (χ4v) is 5.58. The molecular formula is C25H19Cl2FN2O2. The molecule has 1 spiro atoms. The Balaban J connectivity index is 1.83. The van der Waals surface area contributed by atoms with Crippen molar-refractivity contribution in [2.45, 2.75) is 30.7 Å². The van der Waals surface area contributed by atoms with Gasteiger partial charge in [0.15, 0.2) is 0 Å². The molecular weight excluding hydrogens is 450 g/mol. The molecule has 2 aliphatic heterocycles. The van der Waals surface area contributed by atoms with Crippen molar-refractivity contribution in [2.24, 2.45) is 0 Å². The maximum atomic E-state index is 14.6. The Hall–Kier alpha value is -2.89. The molecule has 3 aromatic rings. The third-order valence-electron chi connectivity index (χ3n) is 6.62. The molecule has 2 heterocycles. The quantitative estimate of drug-likeness (QED) is 0.508. The standard InChI is InChI=1S/C25H19Cl2FN2O2/c1-13-17(6-3-7-20(13)28)23-25(18-9-8-16(27)11-21(18)29-24(25)32)19(12-22(31)30-23)14-4-2-5-15(26)10-14/h2-11,19,23H,12H2,1H3,(H,29,32)(H,30,31)/t19-,23+,25-/m0/s1. The Morgan fingerprint density at radius 1 is 1.00 bits per heavy atom. The Morgan fingerprint density at radius 2 is 1.75 bits per heavy atom. The number of carbonyl (C=O) groups is 2. The van der Waals surface area contributed by atoms with Crippen molar-refractivity contribution in [3.05, 3.63) is 98.8 Å². The van der Waals surface area contributed by atoms with E-state index in [1.807, 2.05) is 12.1 Å². The van der Waals surface area contributed by atoms with Gasteiger partial charge < -0.3 is 10.6 Å². The van der Waals surface area contributed by atoms with Crippen LogP contribution < -0.4 is 10.6 Å². The lowest BCUT2D eigenvalue weighted by Crippen LogP contribution is -2.57. The van der Waals surface area contributed by atoms with Gasteiger partial charge in [-0.25, -0.2) is 4.39 Å². The van der Waals surface area contributed by atoms with Gasteiger partial charge in [0.2, 0.25) is 11.8 Å². The molecule has 3 atom stereocenters. The summed E-state index contributed by atoms with van der Waals surface area (Å²) in [5.41, 5.74) is 1.80. The number of fused-ring (bicyclic) bond motifs is 2. The summed E-state index contributed by atoms with van der Waals surface area (Å²) in [6.07, 6.45) is 0.0840. The Bertz CT molecular complexity index is 1280. The van der Waals surface area contributed by atoms with E-state index in [2.05, 4.69) is 10.6 Å². The maximum Gasteiger partial charge on any atom is 0.238 e. The van der Waals surface area contributed by atoms with Gasteiger partial charge in [0.25, 0.3) is 0 Å². The lowest BCUT2D eigenvalue weighted by Gasteiger charge is -2.46. The SMILES string of the molecule is Cc1c(F)cccc1[C@H]1NC(=O)C[C@@H](c2cccc(Cl)c2)[C@]12C(=O)Nc1cc(Cl)ccc12. The zero-order valence-electron chi connectivity index (χ0n) is 17.1. The number of carbonyl (C=O) groups excluding carboxylic acids is 2. The van der Waals surface area contributed by atoms with Crippen molar-refractivity contribution < 1.29 is 14.0 Å². The topological polar surface area (TPSA) is 58.2 Å². The van der Waals surface area contributed by atoms with Crippen LogP contribution in [0.15, 0.2) is 60.7 Å². The number of halogens is 3. The molecule has 0 saturated carbocycles. The van der Waals surface area contributed by atoms with Gasteiger partial charge in [-0.15, -0.1) is 0 Å². The zero-order valence-corrected chi connectivity index (χ0v) is 18.6. The van der Waals surface area contributed by atoms with Gasteiger partial charge >= 0.3 is 0 Å². The minimum absolute atomic E-state index is 0.0840. The van der Waals surface area contributed by atoms with E-state index in [4.69, 9.17) is 23.2 Å². The highest BCUT2D eigenvalue weighted by atomic mass is 35.5. The molecule has 2 aliphatic rings. The highest BCUT2D eigenvalue weighted by Gasteiger charge is 2.61. The summed E-state index contributed by atoms with van der Waals surface area (Å²) in [5, 5.41) is 6.96. The van der Waals surface area contributed by atoms with Crippen molar-refractivity contribution in [2.75, 3.05) is 5.32 Å². The zero-order chi connectivity index (χ0) is 22.6. The third kappa shape index (κ3) is 3.03. The molecule has 0 bridgehead atoms. The van der Waals surface area contributed by atoms with Gasteiger partial charge in [0.05, 0.1) is 6.04 Å². The van der Waals surface area contributed by atoms with Crippen molar-refractivity contribution in [1.29, 1.82) is 0 Å². The molecule has 4 nitrogen and oxygen atoms in total. The Kier molecular flexibility index (Phi) is 4.99. The van der Waals surface area contributed by atoms with Crippen molar-refractivity contribution >= 4 is 40.7 Å². The third-order valence-corrected chi connectivity index (χ3v) is 7.09. The van der Waals surface area contributed by atoms with Crippen LogP contribution in [-0.4, -0.2) is 11.8 Å². The van der Waals surface area contributed by atoms with Crippen LogP contribution in [0.25, 0.3) is 0 Å². The first-order valence-electron chi connectivity index (χ1n) is 10.2. The van der Waals surface area contributed by atoms with E-state index >= 15 is 0 Å². The second kappa shape index (κ2) is 7.61. The lowest BCUT2D eigenvalue weighted by molar-refractivity contribution is -0.131. The molecule has 32 heavy (non-hydrogen) atoms. The first kappa shape index (κ1) is 21.0. The summed E-state index contributed by atoms with van der Waals surface area (Å²) in [6, 6.07) is 16.4. The number of nitrogens with one attached hydrogen (secondary N) is 2. The van der Waals surface area contributed by atoms with Crippen LogP contribution in [0, 0.1) is 12.7 Å². The fraction of sp³-hybridized carbons (Fsp3) is 0.200. The number of rotatable bonds is 2. The van der Waals surface area contributed by atoms with E-state index in [0.717, 1.165) is 5.56 Å². The molecule has 3 aromatic carbocycles. The maximum absolute atomic E-state index is 14.6. The van der Waals surface area contributed by atoms with Gasteiger partial charge in [-0.2, -0.15) is 0 Å². The van der Waals surface area contributed by atoms with E-state index in [1.165, 1.54) is 6.07 Å². The number of hydrogen-bond donors (Lipinski definition) is 2. The summed E-state index contributed by atoms with van der Waals surface area (Å²) >= 11 is 12.5. The van der Waals surface area contributed by atoms with Crippen LogP contribution in [0.5, 0.6) is 0 Å². The molecule has 0 aliphatic carbocycles. The molecule has 2 amide bonds. The van der Waals surface area contributed by atoms with E-state index < -0.39 is 23.2 Å².